The third-order valence-corrected chi connectivity index (χ3v) is 4.69. The highest BCUT2D eigenvalue weighted by atomic mass is 16.1. The molecule has 2 bridgehead atoms. The smallest absolute Gasteiger partial charge is 0.224 e. The summed E-state index contributed by atoms with van der Waals surface area (Å²) in [6.45, 7) is 2.14. The maximum atomic E-state index is 12.1. The highest BCUT2D eigenvalue weighted by Crippen LogP contribution is 2.32. The van der Waals surface area contributed by atoms with E-state index in [0.717, 1.165) is 12.1 Å². The molecule has 3 rings (SSSR count). The van der Waals surface area contributed by atoms with Gasteiger partial charge in [-0.2, -0.15) is 0 Å². The molecule has 1 aromatic carbocycles. The van der Waals surface area contributed by atoms with Crippen LogP contribution in [-0.2, 0) is 11.2 Å². The van der Waals surface area contributed by atoms with E-state index >= 15 is 0 Å². The molecule has 108 valence electrons. The minimum absolute atomic E-state index is 0.167. The molecule has 2 unspecified atom stereocenters. The van der Waals surface area contributed by atoms with Crippen LogP contribution in [0.15, 0.2) is 24.3 Å². The van der Waals surface area contributed by atoms with Gasteiger partial charge in [0.25, 0.3) is 0 Å². The summed E-state index contributed by atoms with van der Waals surface area (Å²) < 4.78 is 0. The van der Waals surface area contributed by atoms with Crippen molar-refractivity contribution < 1.29 is 4.79 Å². The van der Waals surface area contributed by atoms with Crippen LogP contribution in [-0.4, -0.2) is 18.0 Å². The number of rotatable bonds is 4. The van der Waals surface area contributed by atoms with Gasteiger partial charge in [0.15, 0.2) is 0 Å². The summed E-state index contributed by atoms with van der Waals surface area (Å²) in [5.41, 5.74) is 2.22. The van der Waals surface area contributed by atoms with Crippen molar-refractivity contribution in [3.8, 4) is 0 Å². The number of fused-ring (bicyclic) bond motifs is 2. The first kappa shape index (κ1) is 13.6. The number of nitrogens with one attached hydrogen (secondary N) is 2. The third kappa shape index (κ3) is 3.21. The van der Waals surface area contributed by atoms with Gasteiger partial charge in [0.2, 0.25) is 5.91 Å². The Labute approximate surface area is 121 Å². The van der Waals surface area contributed by atoms with E-state index in [1.807, 2.05) is 12.1 Å². The Bertz CT molecular complexity index is 456. The molecule has 0 saturated carbocycles. The van der Waals surface area contributed by atoms with Gasteiger partial charge in [-0.25, -0.2) is 0 Å². The Morgan fingerprint density at radius 2 is 1.85 bits per heavy atom. The predicted molar refractivity (Wildman–Crippen MR) is 81.7 cm³/mol. The van der Waals surface area contributed by atoms with E-state index in [9.17, 15) is 4.79 Å². The summed E-state index contributed by atoms with van der Waals surface area (Å²) in [7, 11) is 0. The Morgan fingerprint density at radius 3 is 2.45 bits per heavy atom. The molecule has 0 radical (unpaired) electrons. The first-order chi connectivity index (χ1) is 9.72. The molecule has 1 aromatic rings. The van der Waals surface area contributed by atoms with Crippen molar-refractivity contribution in [2.45, 2.75) is 57.5 Å². The summed E-state index contributed by atoms with van der Waals surface area (Å²) in [5.74, 6) is 0.726. The molecule has 20 heavy (non-hydrogen) atoms. The van der Waals surface area contributed by atoms with Crippen molar-refractivity contribution in [3.05, 3.63) is 29.8 Å². The zero-order chi connectivity index (χ0) is 13.9. The molecule has 0 aliphatic carbocycles. The largest absolute Gasteiger partial charge is 0.326 e. The molecule has 2 aliphatic rings. The molecule has 3 heteroatoms. The highest BCUT2D eigenvalue weighted by molar-refractivity contribution is 5.90. The molecule has 2 aliphatic heterocycles. The summed E-state index contributed by atoms with van der Waals surface area (Å²) >= 11 is 0. The maximum absolute atomic E-state index is 12.1. The number of benzene rings is 1. The van der Waals surface area contributed by atoms with Gasteiger partial charge in [-0.3, -0.25) is 4.79 Å². The molecular formula is C17H24N2O. The van der Waals surface area contributed by atoms with E-state index in [2.05, 4.69) is 29.7 Å². The van der Waals surface area contributed by atoms with E-state index in [-0.39, 0.29) is 5.91 Å². The first-order valence-corrected chi connectivity index (χ1v) is 7.87. The maximum Gasteiger partial charge on any atom is 0.224 e. The molecule has 0 aromatic heterocycles. The second-order valence-corrected chi connectivity index (χ2v) is 6.28. The quantitative estimate of drug-likeness (QED) is 0.884. The second kappa shape index (κ2) is 5.96. The molecule has 2 saturated heterocycles. The van der Waals surface area contributed by atoms with Crippen molar-refractivity contribution >= 4 is 11.6 Å². The molecule has 3 nitrogen and oxygen atoms in total. The minimum atomic E-state index is 0.167. The fourth-order valence-electron chi connectivity index (χ4n) is 3.64. The van der Waals surface area contributed by atoms with Crippen molar-refractivity contribution in [2.24, 2.45) is 5.92 Å². The number of anilines is 1. The Kier molecular flexibility index (Phi) is 4.06. The van der Waals surface area contributed by atoms with Crippen LogP contribution in [0.25, 0.3) is 0 Å². The Hall–Kier alpha value is -1.35. The Morgan fingerprint density at radius 1 is 1.20 bits per heavy atom. The van der Waals surface area contributed by atoms with Crippen LogP contribution in [0.5, 0.6) is 0 Å². The summed E-state index contributed by atoms with van der Waals surface area (Å²) in [6, 6.07) is 9.50. The van der Waals surface area contributed by atoms with Gasteiger partial charge >= 0.3 is 0 Å². The number of piperidine rings is 1. The third-order valence-electron chi connectivity index (χ3n) is 4.69. The van der Waals surface area contributed by atoms with Crippen LogP contribution in [0.2, 0.25) is 0 Å². The van der Waals surface area contributed by atoms with E-state index < -0.39 is 0 Å². The molecule has 2 heterocycles. The average molecular weight is 272 g/mol. The summed E-state index contributed by atoms with van der Waals surface area (Å²) in [4.78, 5) is 12.1. The number of carbonyl (C=O) groups excluding carboxylic acids is 1. The summed E-state index contributed by atoms with van der Waals surface area (Å²) in [5, 5.41) is 6.66. The normalized spacial score (nSPS) is 28.4. The van der Waals surface area contributed by atoms with E-state index in [1.54, 1.807) is 0 Å². The fourth-order valence-corrected chi connectivity index (χ4v) is 3.64. The van der Waals surface area contributed by atoms with Crippen molar-refractivity contribution in [1.82, 2.24) is 5.32 Å². The van der Waals surface area contributed by atoms with Gasteiger partial charge in [0, 0.05) is 24.2 Å². The molecule has 2 fully saturated rings. The molecule has 0 spiro atoms. The number of amides is 1. The van der Waals surface area contributed by atoms with Gasteiger partial charge in [-0.15, -0.1) is 0 Å². The Balaban J connectivity index is 1.51. The van der Waals surface area contributed by atoms with Gasteiger partial charge in [0.1, 0.15) is 0 Å². The van der Waals surface area contributed by atoms with Crippen LogP contribution in [0.1, 0.15) is 44.6 Å². The van der Waals surface area contributed by atoms with E-state index in [1.165, 1.54) is 31.2 Å². The first-order valence-electron chi connectivity index (χ1n) is 7.87. The van der Waals surface area contributed by atoms with E-state index in [4.69, 9.17) is 0 Å². The van der Waals surface area contributed by atoms with Gasteiger partial charge in [-0.05, 0) is 55.7 Å². The van der Waals surface area contributed by atoms with Crippen LogP contribution < -0.4 is 10.6 Å². The van der Waals surface area contributed by atoms with Crippen molar-refractivity contribution in [1.29, 1.82) is 0 Å². The van der Waals surface area contributed by atoms with Crippen molar-refractivity contribution in [3.63, 3.8) is 0 Å². The number of carbonyl (C=O) groups is 1. The zero-order valence-electron chi connectivity index (χ0n) is 12.2. The number of hydrogen-bond acceptors (Lipinski definition) is 2. The van der Waals surface area contributed by atoms with Crippen LogP contribution in [0.3, 0.4) is 0 Å². The van der Waals surface area contributed by atoms with Gasteiger partial charge in [0.05, 0.1) is 0 Å². The van der Waals surface area contributed by atoms with Crippen molar-refractivity contribution in [2.75, 3.05) is 5.32 Å². The van der Waals surface area contributed by atoms with Crippen LogP contribution in [0, 0.1) is 5.92 Å². The molecular weight excluding hydrogens is 248 g/mol. The van der Waals surface area contributed by atoms with Crippen LogP contribution >= 0.6 is 0 Å². The SMILES string of the molecule is CCc1ccc(NC(=O)CC2CC3CCC(C2)N3)cc1. The molecule has 1 amide bonds. The predicted octanol–water partition coefficient (Wildman–Crippen LogP) is 3.11. The lowest BCUT2D eigenvalue weighted by Crippen LogP contribution is -2.39. The van der Waals surface area contributed by atoms with Gasteiger partial charge in [-0.1, -0.05) is 19.1 Å². The second-order valence-electron chi connectivity index (χ2n) is 6.28. The number of aryl methyl sites for hydroxylation is 1. The number of hydrogen-bond donors (Lipinski definition) is 2. The fraction of sp³-hybridized carbons (Fsp3) is 0.588. The average Bonchev–Trinajstić information content (AvgIpc) is 2.78. The molecule has 2 atom stereocenters. The summed E-state index contributed by atoms with van der Waals surface area (Å²) in [6.07, 6.45) is 6.62. The van der Waals surface area contributed by atoms with Crippen LogP contribution in [0.4, 0.5) is 5.69 Å². The zero-order valence-corrected chi connectivity index (χ0v) is 12.2. The highest BCUT2D eigenvalue weighted by Gasteiger charge is 2.34. The standard InChI is InChI=1S/C17H24N2O/c1-2-12-3-5-14(6-4-12)19-17(20)11-13-9-15-7-8-16(10-13)18-15/h3-6,13,15-16,18H,2,7-11H2,1H3,(H,19,20). The monoisotopic (exact) mass is 272 g/mol. The molecule has 2 N–H and O–H groups in total. The lowest BCUT2D eigenvalue weighted by Gasteiger charge is -2.28. The topological polar surface area (TPSA) is 41.1 Å². The van der Waals surface area contributed by atoms with Gasteiger partial charge < -0.3 is 10.6 Å². The lowest BCUT2D eigenvalue weighted by atomic mass is 9.89. The van der Waals surface area contributed by atoms with E-state index in [0.29, 0.717) is 24.4 Å². The minimum Gasteiger partial charge on any atom is -0.326 e. The lowest BCUT2D eigenvalue weighted by molar-refractivity contribution is -0.117.